The lowest BCUT2D eigenvalue weighted by Gasteiger charge is -2.56. The molecule has 3 aliphatic rings. The summed E-state index contributed by atoms with van der Waals surface area (Å²) in [4.78, 5) is 0. The van der Waals surface area contributed by atoms with Crippen molar-refractivity contribution in [3.63, 3.8) is 0 Å². The van der Waals surface area contributed by atoms with Gasteiger partial charge in [-0.1, -0.05) is 12.8 Å². The van der Waals surface area contributed by atoms with Crippen LogP contribution in [-0.2, 0) is 18.4 Å². The van der Waals surface area contributed by atoms with E-state index in [1.54, 1.807) is 0 Å². The van der Waals surface area contributed by atoms with Crippen LogP contribution in [0.25, 0.3) is 0 Å². The lowest BCUT2D eigenvalue weighted by molar-refractivity contribution is 0.0794. The summed E-state index contributed by atoms with van der Waals surface area (Å²) >= 11 is 0. The second-order valence-electron chi connectivity index (χ2n) is 6.82. The van der Waals surface area contributed by atoms with Crippen molar-refractivity contribution < 1.29 is 10.2 Å². The number of aliphatic hydroxyl groups is 1. The zero-order valence-electron chi connectivity index (χ0n) is 11.9. The second kappa shape index (κ2) is 4.47. The Kier molecular flexibility index (Phi) is 2.83. The number of piperidine rings is 1. The summed E-state index contributed by atoms with van der Waals surface area (Å²) in [5, 5.41) is 23.3. The van der Waals surface area contributed by atoms with E-state index < -0.39 is 0 Å². The number of rotatable bonds is 1. The minimum Gasteiger partial charge on any atom is -0.508 e. The molecular weight excluding hydrogens is 250 g/mol. The van der Waals surface area contributed by atoms with Gasteiger partial charge in [-0.15, -0.1) is 0 Å². The molecule has 0 spiro atoms. The average molecular weight is 273 g/mol. The molecule has 1 saturated heterocycles. The largest absolute Gasteiger partial charge is 0.508 e. The molecule has 0 radical (unpaired) electrons. The van der Waals surface area contributed by atoms with Gasteiger partial charge in [0.05, 0.1) is 6.61 Å². The first-order valence-electron chi connectivity index (χ1n) is 7.94. The van der Waals surface area contributed by atoms with E-state index in [-0.39, 0.29) is 17.8 Å². The highest BCUT2D eigenvalue weighted by Gasteiger charge is 2.51. The summed E-state index contributed by atoms with van der Waals surface area (Å²) in [6.45, 7) is 1.02. The number of benzene rings is 1. The van der Waals surface area contributed by atoms with Crippen molar-refractivity contribution >= 4 is 0 Å². The van der Waals surface area contributed by atoms with Gasteiger partial charge in [-0.2, -0.15) is 0 Å². The maximum atomic E-state index is 10.2. The van der Waals surface area contributed by atoms with Gasteiger partial charge < -0.3 is 15.5 Å². The summed E-state index contributed by atoms with van der Waals surface area (Å²) in [7, 11) is 0. The summed E-state index contributed by atoms with van der Waals surface area (Å²) in [6.07, 6.45) is 7.49. The molecule has 3 atom stereocenters. The Labute approximate surface area is 120 Å². The quantitative estimate of drug-likeness (QED) is 0.735. The highest BCUT2D eigenvalue weighted by molar-refractivity contribution is 5.49. The first-order chi connectivity index (χ1) is 9.74. The van der Waals surface area contributed by atoms with Gasteiger partial charge in [0.1, 0.15) is 5.75 Å². The zero-order chi connectivity index (χ0) is 13.7. The second-order valence-corrected chi connectivity index (χ2v) is 6.82. The Morgan fingerprint density at radius 3 is 3.00 bits per heavy atom. The van der Waals surface area contributed by atoms with E-state index in [1.807, 2.05) is 12.1 Å². The highest BCUT2D eigenvalue weighted by atomic mass is 16.3. The Morgan fingerprint density at radius 2 is 2.15 bits per heavy atom. The fourth-order valence-corrected chi connectivity index (χ4v) is 5.15. The minimum absolute atomic E-state index is 0.0758. The molecule has 20 heavy (non-hydrogen) atoms. The molecule has 4 rings (SSSR count). The zero-order valence-corrected chi connectivity index (χ0v) is 11.9. The fraction of sp³-hybridized carbons (Fsp3) is 0.647. The van der Waals surface area contributed by atoms with Gasteiger partial charge in [0, 0.05) is 17.0 Å². The lowest BCUT2D eigenvalue weighted by Crippen LogP contribution is -2.59. The molecule has 108 valence electrons. The predicted molar refractivity (Wildman–Crippen MR) is 77.8 cm³/mol. The van der Waals surface area contributed by atoms with Crippen molar-refractivity contribution in [3.05, 3.63) is 28.8 Å². The van der Waals surface area contributed by atoms with E-state index in [9.17, 15) is 10.2 Å². The molecule has 0 amide bonds. The van der Waals surface area contributed by atoms with E-state index in [0.29, 0.717) is 11.6 Å². The van der Waals surface area contributed by atoms with Crippen molar-refractivity contribution in [1.82, 2.24) is 5.32 Å². The third-order valence-electron chi connectivity index (χ3n) is 6.01. The molecule has 1 heterocycles. The lowest BCUT2D eigenvalue weighted by atomic mass is 9.52. The Balaban J connectivity index is 1.89. The first-order valence-corrected chi connectivity index (χ1v) is 7.94. The van der Waals surface area contributed by atoms with Crippen LogP contribution in [0.3, 0.4) is 0 Å². The Hall–Kier alpha value is -1.06. The number of phenols is 1. The number of aliphatic hydroxyl groups excluding tert-OH is 1. The fourth-order valence-electron chi connectivity index (χ4n) is 5.15. The molecule has 2 fully saturated rings. The predicted octanol–water partition coefficient (Wildman–Crippen LogP) is 2.23. The van der Waals surface area contributed by atoms with Gasteiger partial charge in [0.2, 0.25) is 0 Å². The van der Waals surface area contributed by atoms with Gasteiger partial charge in [-0.25, -0.2) is 0 Å². The molecule has 1 aromatic rings. The number of aromatic hydroxyl groups is 1. The van der Waals surface area contributed by atoms with Gasteiger partial charge in [0.25, 0.3) is 0 Å². The summed E-state index contributed by atoms with van der Waals surface area (Å²) in [6, 6.07) is 4.60. The van der Waals surface area contributed by atoms with E-state index in [1.165, 1.54) is 43.2 Å². The molecule has 1 aromatic carbocycles. The normalized spacial score (nSPS) is 35.2. The third-order valence-corrected chi connectivity index (χ3v) is 6.01. The standard InChI is InChI=1S/C17H23NO2/c19-10-12-7-11-8-15-13-3-1-2-4-17(13,5-6-18-15)14(11)9-16(12)20/h7,9,13,15,18-20H,1-6,8,10H2. The van der Waals surface area contributed by atoms with Crippen molar-refractivity contribution in [2.24, 2.45) is 5.92 Å². The number of nitrogens with one attached hydrogen (secondary N) is 1. The number of fused-ring (bicyclic) bond motifs is 1. The van der Waals surface area contributed by atoms with Crippen LogP contribution in [0.2, 0.25) is 0 Å². The molecule has 3 N–H and O–H groups in total. The van der Waals surface area contributed by atoms with Crippen LogP contribution in [-0.4, -0.2) is 22.8 Å². The van der Waals surface area contributed by atoms with Crippen LogP contribution in [0, 0.1) is 5.92 Å². The maximum absolute atomic E-state index is 10.2. The van der Waals surface area contributed by atoms with E-state index in [4.69, 9.17) is 0 Å². The van der Waals surface area contributed by atoms with Crippen LogP contribution in [0.1, 0.15) is 48.8 Å². The van der Waals surface area contributed by atoms with Crippen molar-refractivity contribution in [2.75, 3.05) is 6.54 Å². The smallest absolute Gasteiger partial charge is 0.121 e. The maximum Gasteiger partial charge on any atom is 0.121 e. The van der Waals surface area contributed by atoms with Crippen LogP contribution in [0.5, 0.6) is 5.75 Å². The summed E-state index contributed by atoms with van der Waals surface area (Å²) in [5.41, 5.74) is 3.69. The van der Waals surface area contributed by atoms with Crippen LogP contribution in [0.15, 0.2) is 12.1 Å². The average Bonchev–Trinajstić information content (AvgIpc) is 2.48. The van der Waals surface area contributed by atoms with Crippen molar-refractivity contribution in [3.8, 4) is 5.75 Å². The number of hydrogen-bond donors (Lipinski definition) is 3. The van der Waals surface area contributed by atoms with E-state index in [0.717, 1.165) is 18.9 Å². The molecule has 0 aromatic heterocycles. The third kappa shape index (κ3) is 1.60. The van der Waals surface area contributed by atoms with Crippen molar-refractivity contribution in [1.29, 1.82) is 0 Å². The molecule has 3 unspecified atom stereocenters. The summed E-state index contributed by atoms with van der Waals surface area (Å²) in [5.74, 6) is 1.01. The molecule has 1 saturated carbocycles. The first kappa shape index (κ1) is 12.7. The minimum atomic E-state index is -0.0758. The molecule has 3 heteroatoms. The van der Waals surface area contributed by atoms with E-state index in [2.05, 4.69) is 5.32 Å². The van der Waals surface area contributed by atoms with Gasteiger partial charge in [-0.3, -0.25) is 0 Å². The van der Waals surface area contributed by atoms with E-state index >= 15 is 0 Å². The van der Waals surface area contributed by atoms with Crippen LogP contribution >= 0.6 is 0 Å². The molecular formula is C17H23NO2. The monoisotopic (exact) mass is 273 g/mol. The van der Waals surface area contributed by atoms with Gasteiger partial charge in [0.15, 0.2) is 0 Å². The molecule has 2 aliphatic carbocycles. The highest BCUT2D eigenvalue weighted by Crippen LogP contribution is 2.54. The SMILES string of the molecule is OCc1cc2c(cc1O)C13CCCCC1C(C2)NCC3. The van der Waals surface area contributed by atoms with Gasteiger partial charge >= 0.3 is 0 Å². The summed E-state index contributed by atoms with van der Waals surface area (Å²) < 4.78 is 0. The molecule has 3 nitrogen and oxygen atoms in total. The Morgan fingerprint density at radius 1 is 1.25 bits per heavy atom. The van der Waals surface area contributed by atoms with Crippen LogP contribution in [0.4, 0.5) is 0 Å². The van der Waals surface area contributed by atoms with Gasteiger partial charge in [-0.05, 0) is 61.4 Å². The topological polar surface area (TPSA) is 52.5 Å². The Bertz CT molecular complexity index is 538. The number of hydrogen-bond acceptors (Lipinski definition) is 3. The van der Waals surface area contributed by atoms with Crippen molar-refractivity contribution in [2.45, 2.75) is 56.6 Å². The van der Waals surface area contributed by atoms with Crippen LogP contribution < -0.4 is 5.32 Å². The molecule has 2 bridgehead atoms. The molecule has 1 aliphatic heterocycles.